The molecule has 88 valence electrons. The molecule has 2 aromatic rings. The van der Waals surface area contributed by atoms with Gasteiger partial charge in [0.05, 0.1) is 0 Å². The predicted molar refractivity (Wildman–Crippen MR) is 68.8 cm³/mol. The zero-order valence-electron chi connectivity index (χ0n) is 10.9. The van der Waals surface area contributed by atoms with Crippen LogP contribution in [0.15, 0.2) is 36.8 Å². The van der Waals surface area contributed by atoms with E-state index in [1.54, 1.807) is 0 Å². The monoisotopic (exact) mass is 227 g/mol. The lowest BCUT2D eigenvalue weighted by Gasteiger charge is -2.44. The maximum absolute atomic E-state index is 3.24. The van der Waals surface area contributed by atoms with Crippen molar-refractivity contribution in [1.29, 1.82) is 0 Å². The van der Waals surface area contributed by atoms with Crippen LogP contribution in [0.1, 0.15) is 33.3 Å². The first-order valence-electron chi connectivity index (χ1n) is 6.15. The SMILES string of the molecule is CC1(C)c2ccccc2-c2c[nH]c[n+]2C1(C)C. The van der Waals surface area contributed by atoms with Crippen molar-refractivity contribution < 1.29 is 4.57 Å². The van der Waals surface area contributed by atoms with Crippen molar-refractivity contribution in [1.82, 2.24) is 4.98 Å². The van der Waals surface area contributed by atoms with Gasteiger partial charge in [0.2, 0.25) is 6.33 Å². The minimum absolute atomic E-state index is 0.0662. The lowest BCUT2D eigenvalue weighted by molar-refractivity contribution is -0.759. The second-order valence-electron chi connectivity index (χ2n) is 5.92. The van der Waals surface area contributed by atoms with Crippen LogP contribution in [-0.2, 0) is 11.0 Å². The molecule has 0 amide bonds. The Morgan fingerprint density at radius 1 is 1.06 bits per heavy atom. The molecule has 2 heterocycles. The van der Waals surface area contributed by atoms with Gasteiger partial charge in [0.25, 0.3) is 0 Å². The van der Waals surface area contributed by atoms with Gasteiger partial charge in [-0.25, -0.2) is 9.55 Å². The number of aromatic nitrogens is 2. The Bertz CT molecular complexity index is 576. The van der Waals surface area contributed by atoms with E-state index in [1.807, 2.05) is 0 Å². The van der Waals surface area contributed by atoms with E-state index in [4.69, 9.17) is 0 Å². The Hall–Kier alpha value is -1.57. The number of imidazole rings is 1. The first-order valence-corrected chi connectivity index (χ1v) is 6.15. The van der Waals surface area contributed by atoms with Gasteiger partial charge in [-0.15, -0.1) is 0 Å². The van der Waals surface area contributed by atoms with Crippen LogP contribution in [-0.4, -0.2) is 4.98 Å². The number of nitrogens with zero attached hydrogens (tertiary/aromatic N) is 1. The van der Waals surface area contributed by atoms with Gasteiger partial charge in [0.15, 0.2) is 5.69 Å². The second kappa shape index (κ2) is 3.00. The first kappa shape index (κ1) is 10.6. The van der Waals surface area contributed by atoms with Crippen LogP contribution in [0.3, 0.4) is 0 Å². The highest BCUT2D eigenvalue weighted by Gasteiger charge is 2.49. The van der Waals surface area contributed by atoms with E-state index in [-0.39, 0.29) is 11.0 Å². The minimum Gasteiger partial charge on any atom is -0.250 e. The van der Waals surface area contributed by atoms with Crippen molar-refractivity contribution in [3.8, 4) is 11.3 Å². The van der Waals surface area contributed by atoms with Crippen LogP contribution in [0.25, 0.3) is 11.3 Å². The van der Waals surface area contributed by atoms with Gasteiger partial charge in [-0.1, -0.05) is 38.1 Å². The summed E-state index contributed by atoms with van der Waals surface area (Å²) in [5, 5.41) is 0. The van der Waals surface area contributed by atoms with Gasteiger partial charge < -0.3 is 0 Å². The summed E-state index contributed by atoms with van der Waals surface area (Å²) < 4.78 is 2.36. The molecule has 1 aliphatic rings. The van der Waals surface area contributed by atoms with Crippen LogP contribution >= 0.6 is 0 Å². The summed E-state index contributed by atoms with van der Waals surface area (Å²) in [6.45, 7) is 9.27. The number of benzene rings is 1. The van der Waals surface area contributed by atoms with Crippen molar-refractivity contribution >= 4 is 0 Å². The summed E-state index contributed by atoms with van der Waals surface area (Å²) in [6, 6.07) is 8.73. The average molecular weight is 227 g/mol. The van der Waals surface area contributed by atoms with Crippen LogP contribution in [0.5, 0.6) is 0 Å². The van der Waals surface area contributed by atoms with Crippen molar-refractivity contribution in [2.24, 2.45) is 0 Å². The molecule has 1 aliphatic heterocycles. The summed E-state index contributed by atoms with van der Waals surface area (Å²) in [6.07, 6.45) is 4.17. The normalized spacial score (nSPS) is 19.5. The number of fused-ring (bicyclic) bond motifs is 3. The maximum Gasteiger partial charge on any atom is 0.242 e. The van der Waals surface area contributed by atoms with Gasteiger partial charge in [-0.2, -0.15) is 0 Å². The quantitative estimate of drug-likeness (QED) is 0.668. The van der Waals surface area contributed by atoms with E-state index in [9.17, 15) is 0 Å². The maximum atomic E-state index is 3.24. The van der Waals surface area contributed by atoms with E-state index in [0.717, 1.165) is 0 Å². The molecule has 3 rings (SSSR count). The Kier molecular flexibility index (Phi) is 1.87. The molecular formula is C15H19N2+. The van der Waals surface area contributed by atoms with Gasteiger partial charge in [-0.3, -0.25) is 0 Å². The molecule has 0 spiro atoms. The molecule has 17 heavy (non-hydrogen) atoms. The van der Waals surface area contributed by atoms with Crippen LogP contribution < -0.4 is 4.57 Å². The van der Waals surface area contributed by atoms with E-state index < -0.39 is 0 Å². The van der Waals surface area contributed by atoms with Gasteiger partial charge in [-0.05, 0) is 19.4 Å². The second-order valence-corrected chi connectivity index (χ2v) is 5.92. The Balaban J connectivity index is 2.42. The van der Waals surface area contributed by atoms with E-state index in [2.05, 4.69) is 74.0 Å². The average Bonchev–Trinajstić information content (AvgIpc) is 2.77. The highest BCUT2D eigenvalue weighted by molar-refractivity contribution is 5.64. The molecule has 0 unspecified atom stereocenters. The standard InChI is InChI=1S/C15H18N2/c1-14(2)12-8-6-5-7-11(12)13-9-16-10-17(13)15(14,3)4/h5-10H,1-4H3/p+1. The van der Waals surface area contributed by atoms with Gasteiger partial charge >= 0.3 is 0 Å². The third-order valence-electron chi connectivity index (χ3n) is 4.69. The number of rotatable bonds is 0. The van der Waals surface area contributed by atoms with E-state index in [0.29, 0.717) is 0 Å². The summed E-state index contributed by atoms with van der Waals surface area (Å²) in [7, 11) is 0. The topological polar surface area (TPSA) is 19.7 Å². The van der Waals surface area contributed by atoms with Crippen LogP contribution in [0.2, 0.25) is 0 Å². The molecule has 2 heteroatoms. The summed E-state index contributed by atoms with van der Waals surface area (Å²) in [4.78, 5) is 3.24. The van der Waals surface area contributed by atoms with Crippen LogP contribution in [0.4, 0.5) is 0 Å². The highest BCUT2D eigenvalue weighted by atomic mass is 15.1. The first-order chi connectivity index (χ1) is 7.96. The smallest absolute Gasteiger partial charge is 0.242 e. The third kappa shape index (κ3) is 1.13. The Labute approximate surface area is 102 Å². The number of nitrogens with one attached hydrogen (secondary N) is 1. The van der Waals surface area contributed by atoms with Crippen molar-refractivity contribution in [3.63, 3.8) is 0 Å². The van der Waals surface area contributed by atoms with E-state index >= 15 is 0 Å². The number of aromatic amines is 1. The lowest BCUT2D eigenvalue weighted by Crippen LogP contribution is -2.64. The van der Waals surface area contributed by atoms with Crippen molar-refractivity contribution in [3.05, 3.63) is 42.4 Å². The molecular weight excluding hydrogens is 208 g/mol. The van der Waals surface area contributed by atoms with E-state index in [1.165, 1.54) is 16.8 Å². The lowest BCUT2D eigenvalue weighted by atomic mass is 9.65. The zero-order chi connectivity index (χ0) is 12.3. The number of hydrogen-bond donors (Lipinski definition) is 1. The molecule has 0 fully saturated rings. The summed E-state index contributed by atoms with van der Waals surface area (Å²) >= 11 is 0. The molecule has 1 aromatic heterocycles. The number of hydrogen-bond acceptors (Lipinski definition) is 0. The highest BCUT2D eigenvalue weighted by Crippen LogP contribution is 2.44. The minimum atomic E-state index is 0.0662. The molecule has 0 saturated heterocycles. The van der Waals surface area contributed by atoms with Gasteiger partial charge in [0, 0.05) is 11.0 Å². The Morgan fingerprint density at radius 2 is 1.76 bits per heavy atom. The fraction of sp³-hybridized carbons (Fsp3) is 0.400. The fourth-order valence-corrected chi connectivity index (χ4v) is 2.88. The largest absolute Gasteiger partial charge is 0.250 e. The van der Waals surface area contributed by atoms with Crippen molar-refractivity contribution in [2.45, 2.75) is 38.6 Å². The predicted octanol–water partition coefficient (Wildman–Crippen LogP) is 3.00. The molecule has 0 radical (unpaired) electrons. The third-order valence-corrected chi connectivity index (χ3v) is 4.69. The molecule has 0 atom stereocenters. The fourth-order valence-electron chi connectivity index (χ4n) is 2.88. The summed E-state index contributed by atoms with van der Waals surface area (Å²) in [5.41, 5.74) is 4.24. The van der Waals surface area contributed by atoms with Crippen molar-refractivity contribution in [2.75, 3.05) is 0 Å². The van der Waals surface area contributed by atoms with Gasteiger partial charge in [0.1, 0.15) is 11.7 Å². The molecule has 0 saturated carbocycles. The summed E-state index contributed by atoms with van der Waals surface area (Å²) in [5.74, 6) is 0. The molecule has 1 N–H and O–H groups in total. The number of H-pyrrole nitrogens is 1. The Morgan fingerprint density at radius 3 is 2.53 bits per heavy atom. The molecule has 0 bridgehead atoms. The molecule has 2 nitrogen and oxygen atoms in total. The van der Waals surface area contributed by atoms with Crippen LogP contribution in [0, 0.1) is 0 Å². The zero-order valence-corrected chi connectivity index (χ0v) is 10.9. The molecule has 1 aromatic carbocycles. The molecule has 0 aliphatic carbocycles.